The molecule has 0 aliphatic rings. The van der Waals surface area contributed by atoms with Gasteiger partial charge in [-0.1, -0.05) is 11.6 Å². The van der Waals surface area contributed by atoms with Gasteiger partial charge >= 0.3 is 5.97 Å². The molecule has 0 heterocycles. The molecule has 0 saturated heterocycles. The molecule has 0 unspecified atom stereocenters. The molecule has 0 aromatic heterocycles. The zero-order valence-electron chi connectivity index (χ0n) is 16.6. The van der Waals surface area contributed by atoms with Gasteiger partial charge < -0.3 is 21.1 Å². The van der Waals surface area contributed by atoms with Gasteiger partial charge in [-0.05, 0) is 48.9 Å². The van der Waals surface area contributed by atoms with Crippen LogP contribution in [0.3, 0.4) is 0 Å². The number of nitriles is 1. The number of carbonyl (C=O) groups is 4. The number of benzene rings is 2. The lowest BCUT2D eigenvalue weighted by molar-refractivity contribution is -0.149. The average molecular weight is 461 g/mol. The van der Waals surface area contributed by atoms with E-state index in [1.165, 1.54) is 30.3 Å². The molecule has 2 rings (SSSR count). The third-order valence-electron chi connectivity index (χ3n) is 4.10. The molecule has 0 fully saturated rings. The largest absolute Gasteiger partial charge is 0.454 e. The first-order valence-electron chi connectivity index (χ1n) is 9.20. The number of amides is 3. The highest BCUT2D eigenvalue weighted by atomic mass is 35.5. The molecule has 0 saturated carbocycles. The number of nitrogens with two attached hydrogens (primary N) is 1. The van der Waals surface area contributed by atoms with Gasteiger partial charge in [0.15, 0.2) is 6.61 Å². The van der Waals surface area contributed by atoms with E-state index >= 15 is 0 Å². The first kappa shape index (κ1) is 24.3. The van der Waals surface area contributed by atoms with E-state index < -0.39 is 42.2 Å². The summed E-state index contributed by atoms with van der Waals surface area (Å²) in [6.07, 6.45) is -0.403. The van der Waals surface area contributed by atoms with Gasteiger partial charge in [0.1, 0.15) is 17.9 Å². The summed E-state index contributed by atoms with van der Waals surface area (Å²) in [4.78, 5) is 47.9. The molecule has 3 amide bonds. The lowest BCUT2D eigenvalue weighted by Crippen LogP contribution is -2.43. The second-order valence-electron chi connectivity index (χ2n) is 6.50. The monoisotopic (exact) mass is 460 g/mol. The zero-order valence-corrected chi connectivity index (χ0v) is 17.3. The minimum atomic E-state index is -1.28. The third-order valence-corrected chi connectivity index (χ3v) is 4.33. The number of nitrogens with zero attached hydrogens (tertiary/aromatic N) is 1. The molecule has 0 aliphatic heterocycles. The molecule has 2 aromatic rings. The molecule has 1 atom stereocenters. The van der Waals surface area contributed by atoms with Crippen molar-refractivity contribution in [3.8, 4) is 6.07 Å². The second-order valence-corrected chi connectivity index (χ2v) is 6.93. The van der Waals surface area contributed by atoms with E-state index in [2.05, 4.69) is 10.6 Å². The Kier molecular flexibility index (Phi) is 8.68. The van der Waals surface area contributed by atoms with E-state index in [1.807, 2.05) is 6.07 Å². The molecule has 0 radical (unpaired) electrons. The first-order valence-corrected chi connectivity index (χ1v) is 9.58. The van der Waals surface area contributed by atoms with E-state index in [0.29, 0.717) is 0 Å². The second kappa shape index (κ2) is 11.4. The summed E-state index contributed by atoms with van der Waals surface area (Å²) in [5.74, 6) is -3.70. The predicted octanol–water partition coefficient (Wildman–Crippen LogP) is 1.90. The van der Waals surface area contributed by atoms with Gasteiger partial charge in [0.2, 0.25) is 5.91 Å². The number of ether oxygens (including phenoxy) is 1. The minimum absolute atomic E-state index is 0.0750. The van der Waals surface area contributed by atoms with Crippen LogP contribution in [0.2, 0.25) is 5.02 Å². The molecule has 0 spiro atoms. The predicted molar refractivity (Wildman–Crippen MR) is 112 cm³/mol. The van der Waals surface area contributed by atoms with Crippen LogP contribution in [-0.2, 0) is 19.1 Å². The van der Waals surface area contributed by atoms with Gasteiger partial charge in [0, 0.05) is 17.0 Å². The third kappa shape index (κ3) is 7.37. The van der Waals surface area contributed by atoms with Crippen molar-refractivity contribution in [1.82, 2.24) is 5.32 Å². The highest BCUT2D eigenvalue weighted by molar-refractivity contribution is 6.31. The Balaban J connectivity index is 2.01. The Morgan fingerprint density at radius 3 is 2.47 bits per heavy atom. The van der Waals surface area contributed by atoms with Crippen molar-refractivity contribution < 1.29 is 28.3 Å². The maximum absolute atomic E-state index is 13.0. The number of rotatable bonds is 9. The number of primary amides is 1. The smallest absolute Gasteiger partial charge is 0.329 e. The SMILES string of the molecule is N#Cc1ccc(Cl)cc1NC(=O)COC(=O)[C@@H](CCC(N)=O)NC(=O)c1ccc(F)cc1. The van der Waals surface area contributed by atoms with E-state index in [4.69, 9.17) is 27.3 Å². The van der Waals surface area contributed by atoms with Crippen LogP contribution in [0.25, 0.3) is 0 Å². The van der Waals surface area contributed by atoms with E-state index in [-0.39, 0.29) is 34.7 Å². The molecule has 0 aliphatic carbocycles. The molecule has 4 N–H and O–H groups in total. The first-order chi connectivity index (χ1) is 15.2. The van der Waals surface area contributed by atoms with Crippen molar-refractivity contribution in [2.45, 2.75) is 18.9 Å². The highest BCUT2D eigenvalue weighted by Gasteiger charge is 2.24. The van der Waals surface area contributed by atoms with Crippen LogP contribution in [0.5, 0.6) is 0 Å². The van der Waals surface area contributed by atoms with Gasteiger partial charge in [-0.3, -0.25) is 14.4 Å². The summed E-state index contributed by atoms with van der Waals surface area (Å²) in [5.41, 5.74) is 5.46. The minimum Gasteiger partial charge on any atom is -0.454 e. The number of hydrogen-bond donors (Lipinski definition) is 3. The Hall–Kier alpha value is -3.97. The van der Waals surface area contributed by atoms with E-state index in [0.717, 1.165) is 12.1 Å². The van der Waals surface area contributed by atoms with Crippen molar-refractivity contribution in [2.24, 2.45) is 5.73 Å². The summed E-state index contributed by atoms with van der Waals surface area (Å²) >= 11 is 5.85. The van der Waals surface area contributed by atoms with Crippen LogP contribution < -0.4 is 16.4 Å². The van der Waals surface area contributed by atoms with Crippen molar-refractivity contribution in [2.75, 3.05) is 11.9 Å². The fourth-order valence-corrected chi connectivity index (χ4v) is 2.69. The van der Waals surface area contributed by atoms with E-state index in [9.17, 15) is 23.6 Å². The normalized spacial score (nSPS) is 11.0. The van der Waals surface area contributed by atoms with Crippen molar-refractivity contribution in [3.05, 3.63) is 64.4 Å². The molecule has 0 bridgehead atoms. The Labute approximate surface area is 187 Å². The van der Waals surface area contributed by atoms with Crippen LogP contribution >= 0.6 is 11.6 Å². The summed E-state index contributed by atoms with van der Waals surface area (Å²) in [7, 11) is 0. The molecular formula is C21H18ClFN4O5. The number of esters is 1. The fraction of sp³-hybridized carbons (Fsp3) is 0.190. The summed E-state index contributed by atoms with van der Waals surface area (Å²) in [5, 5.41) is 14.1. The molecule has 2 aromatic carbocycles. The number of nitrogens with one attached hydrogen (secondary N) is 2. The number of halogens is 2. The lowest BCUT2D eigenvalue weighted by atomic mass is 10.1. The standard InChI is InChI=1S/C21H18ClFN4O5/c22-14-4-1-13(10-24)17(9-14)26-19(29)11-32-21(31)16(7-8-18(25)28)27-20(30)12-2-5-15(23)6-3-12/h1-6,9,16H,7-8,11H2,(H2,25,28)(H,26,29)(H,27,30)/t16-/m1/s1. The van der Waals surface area contributed by atoms with Crippen molar-refractivity contribution >= 4 is 41.0 Å². The number of hydrogen-bond acceptors (Lipinski definition) is 6. The quantitative estimate of drug-likeness (QED) is 0.486. The summed E-state index contributed by atoms with van der Waals surface area (Å²) in [6, 6.07) is 9.42. The van der Waals surface area contributed by atoms with Crippen LogP contribution in [0.15, 0.2) is 42.5 Å². The van der Waals surface area contributed by atoms with E-state index in [1.54, 1.807) is 0 Å². The van der Waals surface area contributed by atoms with Crippen LogP contribution in [-0.4, -0.2) is 36.3 Å². The Bertz CT molecular complexity index is 1070. The maximum atomic E-state index is 13.0. The van der Waals surface area contributed by atoms with Crippen LogP contribution in [0.1, 0.15) is 28.8 Å². The van der Waals surface area contributed by atoms with Crippen molar-refractivity contribution in [1.29, 1.82) is 5.26 Å². The highest BCUT2D eigenvalue weighted by Crippen LogP contribution is 2.20. The van der Waals surface area contributed by atoms with Crippen molar-refractivity contribution in [3.63, 3.8) is 0 Å². The number of anilines is 1. The molecule has 9 nitrogen and oxygen atoms in total. The Morgan fingerprint density at radius 2 is 1.84 bits per heavy atom. The summed E-state index contributed by atoms with van der Waals surface area (Å²) < 4.78 is 18.0. The summed E-state index contributed by atoms with van der Waals surface area (Å²) in [6.45, 7) is -0.726. The molecule has 166 valence electrons. The van der Waals surface area contributed by atoms with Gasteiger partial charge in [0.25, 0.3) is 11.8 Å². The zero-order chi connectivity index (χ0) is 23.7. The maximum Gasteiger partial charge on any atom is 0.329 e. The topological polar surface area (TPSA) is 151 Å². The van der Waals surface area contributed by atoms with Crippen LogP contribution in [0.4, 0.5) is 10.1 Å². The lowest BCUT2D eigenvalue weighted by Gasteiger charge is -2.17. The average Bonchev–Trinajstić information content (AvgIpc) is 2.75. The fourth-order valence-electron chi connectivity index (χ4n) is 2.52. The molecule has 11 heteroatoms. The van der Waals surface area contributed by atoms with Gasteiger partial charge in [-0.2, -0.15) is 5.26 Å². The Morgan fingerprint density at radius 1 is 1.16 bits per heavy atom. The molecular weight excluding hydrogens is 443 g/mol. The van der Waals surface area contributed by atoms with Crippen LogP contribution in [0, 0.1) is 17.1 Å². The number of carbonyl (C=O) groups excluding carboxylic acids is 4. The van der Waals surface area contributed by atoms with Gasteiger partial charge in [-0.25, -0.2) is 9.18 Å². The van der Waals surface area contributed by atoms with Gasteiger partial charge in [0.05, 0.1) is 11.3 Å². The molecule has 32 heavy (non-hydrogen) atoms. The van der Waals surface area contributed by atoms with Gasteiger partial charge in [-0.15, -0.1) is 0 Å².